The Morgan fingerprint density at radius 2 is 2.08 bits per heavy atom. The molecule has 2 rings (SSSR count). The smallest absolute Gasteiger partial charge is 0.160 e. The molecule has 0 amide bonds. The van der Waals surface area contributed by atoms with Crippen molar-refractivity contribution >= 4 is 12.2 Å². The lowest BCUT2D eigenvalue weighted by Gasteiger charge is -2.16. The van der Waals surface area contributed by atoms with E-state index >= 15 is 0 Å². The van der Waals surface area contributed by atoms with Crippen LogP contribution in [-0.4, -0.2) is 42.7 Å². The van der Waals surface area contributed by atoms with Gasteiger partial charge >= 0.3 is 0 Å². The molecule has 25 heavy (non-hydrogen) atoms. The summed E-state index contributed by atoms with van der Waals surface area (Å²) in [7, 11) is 1.61. The highest BCUT2D eigenvalue weighted by molar-refractivity contribution is 5.70. The van der Waals surface area contributed by atoms with Crippen LogP contribution in [0.5, 0.6) is 5.75 Å². The van der Waals surface area contributed by atoms with Gasteiger partial charge in [-0.15, -0.1) is 0 Å². The number of hydrogen-bond acceptors (Lipinski definition) is 6. The van der Waals surface area contributed by atoms with Crippen LogP contribution >= 0.6 is 0 Å². The van der Waals surface area contributed by atoms with Gasteiger partial charge in [-0.2, -0.15) is 0 Å². The number of ether oxygens (including phenoxy) is 2. The molecular formula is C19H26N2O4. The quantitative estimate of drug-likeness (QED) is 0.689. The average Bonchev–Trinajstić information content (AvgIpc) is 3.05. The summed E-state index contributed by atoms with van der Waals surface area (Å²) in [5.41, 5.74) is 1.64. The third-order valence-electron chi connectivity index (χ3n) is 3.41. The normalized spacial score (nSPS) is 12.8. The Morgan fingerprint density at radius 3 is 2.84 bits per heavy atom. The van der Waals surface area contributed by atoms with E-state index in [-0.39, 0.29) is 6.61 Å². The molecule has 0 aliphatic heterocycles. The van der Waals surface area contributed by atoms with Crippen molar-refractivity contribution in [2.24, 2.45) is 0 Å². The molecule has 1 aromatic heterocycles. The van der Waals surface area contributed by atoms with E-state index < -0.39 is 6.10 Å². The van der Waals surface area contributed by atoms with Crippen LogP contribution in [0.15, 0.2) is 34.9 Å². The van der Waals surface area contributed by atoms with Crippen LogP contribution < -0.4 is 10.1 Å². The third kappa shape index (κ3) is 6.70. The summed E-state index contributed by atoms with van der Waals surface area (Å²) in [6, 6.07) is 9.80. The number of rotatable bonds is 10. The molecule has 0 saturated heterocycles. The molecule has 2 aromatic rings. The first-order valence-electron chi connectivity index (χ1n) is 8.34. The Labute approximate surface area is 148 Å². The fourth-order valence-electron chi connectivity index (χ4n) is 2.16. The molecule has 0 spiro atoms. The molecule has 0 aliphatic rings. The molecule has 0 bridgehead atoms. The zero-order valence-electron chi connectivity index (χ0n) is 14.9. The van der Waals surface area contributed by atoms with Crippen LogP contribution in [0.2, 0.25) is 0 Å². The first kappa shape index (κ1) is 19.2. The highest BCUT2D eigenvalue weighted by atomic mass is 16.5. The molecular weight excluding hydrogens is 320 g/mol. The Hall–Kier alpha value is -2.15. The van der Waals surface area contributed by atoms with Crippen LogP contribution in [0.3, 0.4) is 0 Å². The Morgan fingerprint density at radius 1 is 1.28 bits per heavy atom. The zero-order valence-corrected chi connectivity index (χ0v) is 14.9. The topological polar surface area (TPSA) is 76.8 Å². The van der Waals surface area contributed by atoms with Crippen LogP contribution in [0.25, 0.3) is 12.2 Å². The minimum atomic E-state index is -0.565. The van der Waals surface area contributed by atoms with Crippen LogP contribution in [-0.2, 0) is 11.3 Å². The van der Waals surface area contributed by atoms with Crippen molar-refractivity contribution in [3.63, 3.8) is 0 Å². The number of para-hydroxylation sites is 1. The van der Waals surface area contributed by atoms with Gasteiger partial charge in [0.1, 0.15) is 24.2 Å². The van der Waals surface area contributed by atoms with Gasteiger partial charge in [-0.05, 0) is 18.2 Å². The Bertz CT molecular complexity index is 667. The molecule has 0 saturated carbocycles. The van der Waals surface area contributed by atoms with E-state index in [9.17, 15) is 5.11 Å². The number of hydrogen-bond donors (Lipinski definition) is 2. The maximum atomic E-state index is 9.97. The van der Waals surface area contributed by atoms with Crippen molar-refractivity contribution in [1.29, 1.82) is 0 Å². The molecule has 2 N–H and O–H groups in total. The lowest BCUT2D eigenvalue weighted by molar-refractivity contribution is 0.104. The van der Waals surface area contributed by atoms with Crippen LogP contribution in [0.4, 0.5) is 0 Å². The van der Waals surface area contributed by atoms with E-state index in [1.54, 1.807) is 7.11 Å². The monoisotopic (exact) mass is 346 g/mol. The van der Waals surface area contributed by atoms with Gasteiger partial charge in [-0.1, -0.05) is 37.2 Å². The maximum Gasteiger partial charge on any atom is 0.160 e. The molecule has 6 nitrogen and oxygen atoms in total. The van der Waals surface area contributed by atoms with Crippen molar-refractivity contribution in [3.05, 3.63) is 47.3 Å². The minimum absolute atomic E-state index is 0.227. The van der Waals surface area contributed by atoms with Crippen molar-refractivity contribution < 1.29 is 19.1 Å². The molecule has 1 atom stereocenters. The van der Waals surface area contributed by atoms with E-state index in [2.05, 4.69) is 10.5 Å². The standard InChI is InChI=1S/C19H26N2O4/c1-14(2)20-11-17(22)13-24-19-7-5-4-6-15(19)8-9-18-10-16(12-23-3)21-25-18/h4-10,14,17,20,22H,11-13H2,1-3H3/b9-8+. The number of benzene rings is 1. The molecule has 1 unspecified atom stereocenters. The average molecular weight is 346 g/mol. The van der Waals surface area contributed by atoms with Gasteiger partial charge in [0.2, 0.25) is 0 Å². The largest absolute Gasteiger partial charge is 0.490 e. The van der Waals surface area contributed by atoms with Crippen molar-refractivity contribution in [3.8, 4) is 5.75 Å². The van der Waals surface area contributed by atoms with Crippen molar-refractivity contribution in [1.82, 2.24) is 10.5 Å². The predicted octanol–water partition coefficient (Wildman–Crippen LogP) is 2.73. The fourth-order valence-corrected chi connectivity index (χ4v) is 2.16. The maximum absolute atomic E-state index is 9.97. The molecule has 1 aromatic carbocycles. The second kappa shape index (κ2) is 9.98. The lowest BCUT2D eigenvalue weighted by atomic mass is 10.1. The molecule has 0 radical (unpaired) electrons. The van der Waals surface area contributed by atoms with E-state index in [1.165, 1.54) is 0 Å². The predicted molar refractivity (Wildman–Crippen MR) is 97.2 cm³/mol. The first-order chi connectivity index (χ1) is 12.1. The summed E-state index contributed by atoms with van der Waals surface area (Å²) < 4.78 is 16.0. The minimum Gasteiger partial charge on any atom is -0.490 e. The van der Waals surface area contributed by atoms with E-state index in [0.29, 0.717) is 30.7 Å². The first-order valence-corrected chi connectivity index (χ1v) is 8.34. The van der Waals surface area contributed by atoms with Crippen molar-refractivity contribution in [2.45, 2.75) is 32.6 Å². The lowest BCUT2D eigenvalue weighted by Crippen LogP contribution is -2.35. The highest BCUT2D eigenvalue weighted by Gasteiger charge is 2.08. The number of aromatic nitrogens is 1. The second-order valence-electron chi connectivity index (χ2n) is 6.05. The summed E-state index contributed by atoms with van der Waals surface area (Å²) in [4.78, 5) is 0. The number of aliphatic hydroxyl groups excluding tert-OH is 1. The number of aliphatic hydroxyl groups is 1. The summed E-state index contributed by atoms with van der Waals surface area (Å²) in [5.74, 6) is 1.35. The van der Waals surface area contributed by atoms with E-state index in [4.69, 9.17) is 14.0 Å². The highest BCUT2D eigenvalue weighted by Crippen LogP contribution is 2.21. The summed E-state index contributed by atoms with van der Waals surface area (Å²) >= 11 is 0. The molecule has 6 heteroatoms. The summed E-state index contributed by atoms with van der Waals surface area (Å²) in [5, 5.41) is 17.1. The SMILES string of the molecule is COCc1cc(/C=C/c2ccccc2OCC(O)CNC(C)C)on1. The van der Waals surface area contributed by atoms with Crippen LogP contribution in [0.1, 0.15) is 30.9 Å². The molecule has 0 aliphatic carbocycles. The summed E-state index contributed by atoms with van der Waals surface area (Å²) in [6.45, 7) is 5.21. The Balaban J connectivity index is 1.96. The fraction of sp³-hybridized carbons (Fsp3) is 0.421. The van der Waals surface area contributed by atoms with Gasteiger partial charge in [0.25, 0.3) is 0 Å². The number of nitrogens with one attached hydrogen (secondary N) is 1. The Kier molecular flexibility index (Phi) is 7.66. The second-order valence-corrected chi connectivity index (χ2v) is 6.05. The molecule has 0 fully saturated rings. The van der Waals surface area contributed by atoms with Gasteiger partial charge in [0.15, 0.2) is 5.76 Å². The van der Waals surface area contributed by atoms with Gasteiger partial charge < -0.3 is 24.4 Å². The number of nitrogens with zero attached hydrogens (tertiary/aromatic N) is 1. The van der Waals surface area contributed by atoms with Crippen LogP contribution in [0, 0.1) is 0 Å². The summed E-state index contributed by atoms with van der Waals surface area (Å²) in [6.07, 6.45) is 3.15. The van der Waals surface area contributed by atoms with E-state index in [0.717, 1.165) is 11.3 Å². The van der Waals surface area contributed by atoms with Gasteiger partial charge in [0.05, 0.1) is 6.61 Å². The molecule has 1 heterocycles. The van der Waals surface area contributed by atoms with Gasteiger partial charge in [-0.25, -0.2) is 0 Å². The zero-order chi connectivity index (χ0) is 18.1. The van der Waals surface area contributed by atoms with Gasteiger partial charge in [0, 0.05) is 31.3 Å². The van der Waals surface area contributed by atoms with Gasteiger partial charge in [-0.3, -0.25) is 0 Å². The number of methoxy groups -OCH3 is 1. The van der Waals surface area contributed by atoms with E-state index in [1.807, 2.05) is 56.3 Å². The third-order valence-corrected chi connectivity index (χ3v) is 3.41. The van der Waals surface area contributed by atoms with Crippen molar-refractivity contribution in [2.75, 3.05) is 20.3 Å². The molecule has 136 valence electrons.